The summed E-state index contributed by atoms with van der Waals surface area (Å²) in [5, 5.41) is 0.631. The molecule has 0 spiro atoms. The minimum absolute atomic E-state index is 0.299. The first-order valence-electron chi connectivity index (χ1n) is 6.11. The molecule has 2 aromatic carbocycles. The van der Waals surface area contributed by atoms with E-state index in [4.69, 9.17) is 22.1 Å². The van der Waals surface area contributed by atoms with Crippen LogP contribution in [0.5, 0.6) is 5.75 Å². The molecule has 0 fully saturated rings. The summed E-state index contributed by atoms with van der Waals surface area (Å²) in [6, 6.07) is 9.53. The van der Waals surface area contributed by atoms with Crippen molar-refractivity contribution in [3.8, 4) is 5.75 Å². The third-order valence-corrected chi connectivity index (χ3v) is 3.54. The Morgan fingerprint density at radius 1 is 1.26 bits per heavy atom. The lowest BCUT2D eigenvalue weighted by molar-refractivity contribution is 0.352. The summed E-state index contributed by atoms with van der Waals surface area (Å²) in [6.07, 6.45) is 0.832. The molecule has 1 aliphatic heterocycles. The predicted octanol–water partition coefficient (Wildman–Crippen LogP) is 3.46. The van der Waals surface area contributed by atoms with E-state index in [0.717, 1.165) is 23.3 Å². The Labute approximate surface area is 115 Å². The Hall–Kier alpha value is -1.58. The first-order valence-corrected chi connectivity index (χ1v) is 6.49. The quantitative estimate of drug-likeness (QED) is 0.912. The van der Waals surface area contributed by atoms with Crippen molar-refractivity contribution in [2.45, 2.75) is 12.5 Å². The van der Waals surface area contributed by atoms with Crippen molar-refractivity contribution in [3.63, 3.8) is 0 Å². The molecule has 0 bridgehead atoms. The number of halogens is 2. The Morgan fingerprint density at radius 3 is 2.89 bits per heavy atom. The summed E-state index contributed by atoms with van der Waals surface area (Å²) in [6.45, 7) is 0.637. The highest BCUT2D eigenvalue weighted by Gasteiger charge is 2.22. The van der Waals surface area contributed by atoms with Crippen LogP contribution < -0.4 is 10.5 Å². The first kappa shape index (κ1) is 12.5. The van der Waals surface area contributed by atoms with E-state index in [1.807, 2.05) is 6.07 Å². The third kappa shape index (κ3) is 2.31. The molecule has 0 aromatic heterocycles. The van der Waals surface area contributed by atoms with E-state index in [1.165, 1.54) is 12.1 Å². The van der Waals surface area contributed by atoms with Gasteiger partial charge in [0.1, 0.15) is 11.6 Å². The smallest absolute Gasteiger partial charge is 0.127 e. The molecule has 2 aromatic rings. The molecule has 19 heavy (non-hydrogen) atoms. The molecule has 1 aliphatic rings. The number of fused-ring (bicyclic) bond motifs is 1. The molecule has 2 nitrogen and oxygen atoms in total. The molecule has 4 heteroatoms. The van der Waals surface area contributed by atoms with Gasteiger partial charge in [0, 0.05) is 17.0 Å². The number of hydrogen-bond donors (Lipinski definition) is 1. The van der Waals surface area contributed by atoms with Gasteiger partial charge in [0.15, 0.2) is 0 Å². The van der Waals surface area contributed by atoms with Crippen LogP contribution in [-0.2, 0) is 6.42 Å². The first-order chi connectivity index (χ1) is 9.15. The summed E-state index contributed by atoms with van der Waals surface area (Å²) >= 11 is 6.11. The minimum atomic E-state index is -0.443. The van der Waals surface area contributed by atoms with Gasteiger partial charge in [-0.05, 0) is 35.4 Å². The second-order valence-electron chi connectivity index (χ2n) is 4.61. The average Bonchev–Trinajstić information content (AvgIpc) is 2.85. The fourth-order valence-electron chi connectivity index (χ4n) is 2.41. The molecule has 1 atom stereocenters. The van der Waals surface area contributed by atoms with Crippen LogP contribution in [0.1, 0.15) is 22.7 Å². The summed E-state index contributed by atoms with van der Waals surface area (Å²) in [5.41, 5.74) is 8.81. The van der Waals surface area contributed by atoms with Crippen LogP contribution in [0.25, 0.3) is 0 Å². The highest BCUT2D eigenvalue weighted by atomic mass is 35.5. The van der Waals surface area contributed by atoms with Crippen molar-refractivity contribution in [2.75, 3.05) is 6.61 Å². The van der Waals surface area contributed by atoms with Gasteiger partial charge in [0.05, 0.1) is 12.6 Å². The molecule has 0 saturated carbocycles. The molecule has 0 saturated heterocycles. The number of ether oxygens (including phenoxy) is 1. The van der Waals surface area contributed by atoms with Gasteiger partial charge in [0.25, 0.3) is 0 Å². The molecule has 2 N–H and O–H groups in total. The Balaban J connectivity index is 2.07. The second kappa shape index (κ2) is 4.83. The van der Waals surface area contributed by atoms with Gasteiger partial charge in [-0.15, -0.1) is 0 Å². The maximum Gasteiger partial charge on any atom is 0.127 e. The van der Waals surface area contributed by atoms with E-state index in [-0.39, 0.29) is 5.82 Å². The summed E-state index contributed by atoms with van der Waals surface area (Å²) in [5.74, 6) is 0.494. The lowest BCUT2D eigenvalue weighted by Crippen LogP contribution is -2.13. The van der Waals surface area contributed by atoms with E-state index in [9.17, 15) is 4.39 Å². The zero-order chi connectivity index (χ0) is 13.4. The highest BCUT2D eigenvalue weighted by Crippen LogP contribution is 2.37. The monoisotopic (exact) mass is 277 g/mol. The number of hydrogen-bond acceptors (Lipinski definition) is 2. The SMILES string of the molecule is NC(c1cccc(F)c1)c1cc(Cl)cc2c1OCC2. The summed E-state index contributed by atoms with van der Waals surface area (Å²) < 4.78 is 18.9. The fourth-order valence-corrected chi connectivity index (χ4v) is 2.66. The van der Waals surface area contributed by atoms with E-state index in [0.29, 0.717) is 17.2 Å². The van der Waals surface area contributed by atoms with Gasteiger partial charge in [-0.25, -0.2) is 4.39 Å². The van der Waals surface area contributed by atoms with E-state index in [1.54, 1.807) is 18.2 Å². The van der Waals surface area contributed by atoms with Gasteiger partial charge in [-0.3, -0.25) is 0 Å². The van der Waals surface area contributed by atoms with Crippen LogP contribution in [0.3, 0.4) is 0 Å². The second-order valence-corrected chi connectivity index (χ2v) is 5.05. The molecule has 3 rings (SSSR count). The lowest BCUT2D eigenvalue weighted by atomic mass is 9.96. The summed E-state index contributed by atoms with van der Waals surface area (Å²) in [4.78, 5) is 0. The Bertz CT molecular complexity index is 630. The zero-order valence-corrected chi connectivity index (χ0v) is 11.0. The van der Waals surface area contributed by atoms with Crippen LogP contribution in [0.2, 0.25) is 5.02 Å². The highest BCUT2D eigenvalue weighted by molar-refractivity contribution is 6.30. The molecule has 1 heterocycles. The van der Waals surface area contributed by atoms with Crippen LogP contribution in [0.4, 0.5) is 4.39 Å². The van der Waals surface area contributed by atoms with Crippen molar-refractivity contribution in [2.24, 2.45) is 5.73 Å². The predicted molar refractivity (Wildman–Crippen MR) is 73.1 cm³/mol. The van der Waals surface area contributed by atoms with Gasteiger partial charge >= 0.3 is 0 Å². The van der Waals surface area contributed by atoms with Crippen molar-refractivity contribution >= 4 is 11.6 Å². The van der Waals surface area contributed by atoms with Crippen LogP contribution in [-0.4, -0.2) is 6.61 Å². The standard InChI is InChI=1S/C15H13ClFNO/c16-11-6-10-4-5-19-15(10)13(8-11)14(18)9-2-1-3-12(17)7-9/h1-3,6-8,14H,4-5,18H2. The minimum Gasteiger partial charge on any atom is -0.493 e. The number of benzene rings is 2. The maximum absolute atomic E-state index is 13.3. The van der Waals surface area contributed by atoms with Crippen molar-refractivity contribution in [3.05, 3.63) is 63.9 Å². The van der Waals surface area contributed by atoms with Crippen molar-refractivity contribution in [1.82, 2.24) is 0 Å². The number of rotatable bonds is 2. The molecular formula is C15H13ClFNO. The molecule has 0 radical (unpaired) electrons. The number of nitrogens with two attached hydrogens (primary N) is 1. The van der Waals surface area contributed by atoms with E-state index >= 15 is 0 Å². The topological polar surface area (TPSA) is 35.2 Å². The molecular weight excluding hydrogens is 265 g/mol. The molecule has 0 amide bonds. The van der Waals surface area contributed by atoms with Crippen LogP contribution in [0.15, 0.2) is 36.4 Å². The van der Waals surface area contributed by atoms with Crippen LogP contribution in [0, 0.1) is 5.82 Å². The van der Waals surface area contributed by atoms with Gasteiger partial charge in [-0.1, -0.05) is 23.7 Å². The molecule has 98 valence electrons. The average molecular weight is 278 g/mol. The van der Waals surface area contributed by atoms with E-state index in [2.05, 4.69) is 0 Å². The van der Waals surface area contributed by atoms with Gasteiger partial charge in [0.2, 0.25) is 0 Å². The largest absolute Gasteiger partial charge is 0.493 e. The lowest BCUT2D eigenvalue weighted by Gasteiger charge is -2.16. The maximum atomic E-state index is 13.3. The summed E-state index contributed by atoms with van der Waals surface area (Å²) in [7, 11) is 0. The van der Waals surface area contributed by atoms with Crippen molar-refractivity contribution in [1.29, 1.82) is 0 Å². The third-order valence-electron chi connectivity index (χ3n) is 3.32. The van der Waals surface area contributed by atoms with Crippen molar-refractivity contribution < 1.29 is 9.13 Å². The Kier molecular flexibility index (Phi) is 3.17. The fraction of sp³-hybridized carbons (Fsp3) is 0.200. The normalized spacial score (nSPS) is 14.9. The molecule has 1 unspecified atom stereocenters. The molecule has 0 aliphatic carbocycles. The van der Waals surface area contributed by atoms with E-state index < -0.39 is 6.04 Å². The zero-order valence-electron chi connectivity index (χ0n) is 10.2. The Morgan fingerprint density at radius 2 is 2.11 bits per heavy atom. The van der Waals surface area contributed by atoms with Crippen LogP contribution >= 0.6 is 11.6 Å². The van der Waals surface area contributed by atoms with Gasteiger partial charge < -0.3 is 10.5 Å². The van der Waals surface area contributed by atoms with Gasteiger partial charge in [-0.2, -0.15) is 0 Å².